The zero-order chi connectivity index (χ0) is 8.85. The Morgan fingerprint density at radius 3 is 2.09 bits per heavy atom. The maximum atomic E-state index is 3.51. The van der Waals surface area contributed by atoms with Crippen LogP contribution >= 0.6 is 0 Å². The molecule has 1 rings (SSSR count). The average Bonchev–Trinajstić information content (AvgIpc) is 2.39. The van der Waals surface area contributed by atoms with E-state index >= 15 is 0 Å². The largest absolute Gasteiger partial charge is 0.313 e. The maximum absolute atomic E-state index is 3.51. The van der Waals surface area contributed by atoms with Crippen molar-refractivity contribution in [3.63, 3.8) is 0 Å². The number of rotatable bonds is 1. The van der Waals surface area contributed by atoms with E-state index in [4.69, 9.17) is 0 Å². The molecular formula is C10H25N. The van der Waals surface area contributed by atoms with Gasteiger partial charge < -0.3 is 5.32 Å². The van der Waals surface area contributed by atoms with E-state index in [-0.39, 0.29) is 1.43 Å². The summed E-state index contributed by atoms with van der Waals surface area (Å²) in [6.45, 7) is 12.1. The van der Waals surface area contributed by atoms with Crippen LogP contribution in [0.4, 0.5) is 0 Å². The summed E-state index contributed by atoms with van der Waals surface area (Å²) in [4.78, 5) is 0. The monoisotopic (exact) mass is 159 g/mol. The Kier molecular flexibility index (Phi) is 5.57. The fourth-order valence-corrected chi connectivity index (χ4v) is 1.75. The summed E-state index contributed by atoms with van der Waals surface area (Å²) in [5.41, 5.74) is 0. The van der Waals surface area contributed by atoms with Gasteiger partial charge >= 0.3 is 0 Å². The lowest BCUT2D eigenvalue weighted by Gasteiger charge is -2.19. The van der Waals surface area contributed by atoms with Crippen LogP contribution in [0, 0.1) is 11.8 Å². The molecule has 0 amide bonds. The van der Waals surface area contributed by atoms with Gasteiger partial charge in [-0.3, -0.25) is 0 Å². The molecule has 0 aromatic carbocycles. The molecule has 1 heterocycles. The van der Waals surface area contributed by atoms with Crippen LogP contribution in [-0.2, 0) is 0 Å². The van der Waals surface area contributed by atoms with Crippen molar-refractivity contribution < 1.29 is 1.43 Å². The van der Waals surface area contributed by atoms with E-state index in [1.165, 1.54) is 13.0 Å². The average molecular weight is 159 g/mol. The van der Waals surface area contributed by atoms with E-state index in [9.17, 15) is 0 Å². The fourth-order valence-electron chi connectivity index (χ4n) is 1.75. The summed E-state index contributed by atoms with van der Waals surface area (Å²) in [5, 5.41) is 3.51. The molecule has 0 saturated carbocycles. The first kappa shape index (κ1) is 11.0. The summed E-state index contributed by atoms with van der Waals surface area (Å²) in [7, 11) is 0. The minimum Gasteiger partial charge on any atom is -0.313 e. The highest BCUT2D eigenvalue weighted by Gasteiger charge is 2.24. The summed E-state index contributed by atoms with van der Waals surface area (Å²) in [6.07, 6.45) is 1.36. The van der Waals surface area contributed by atoms with Crippen LogP contribution in [-0.4, -0.2) is 12.6 Å². The second-order valence-corrected chi connectivity index (χ2v) is 3.49. The van der Waals surface area contributed by atoms with E-state index in [1.54, 1.807) is 0 Å². The summed E-state index contributed by atoms with van der Waals surface area (Å²) in [5.74, 6) is 1.70. The third-order valence-electron chi connectivity index (χ3n) is 2.31. The zero-order valence-electron chi connectivity index (χ0n) is 8.65. The Morgan fingerprint density at radius 2 is 1.91 bits per heavy atom. The Hall–Kier alpha value is -0.0400. The van der Waals surface area contributed by atoms with Crippen molar-refractivity contribution in [1.82, 2.24) is 5.32 Å². The van der Waals surface area contributed by atoms with Crippen LogP contribution in [0.5, 0.6) is 0 Å². The van der Waals surface area contributed by atoms with E-state index in [0.717, 1.165) is 17.9 Å². The molecule has 1 saturated heterocycles. The van der Waals surface area contributed by atoms with Crippen LogP contribution in [0.3, 0.4) is 0 Å². The molecule has 2 unspecified atom stereocenters. The summed E-state index contributed by atoms with van der Waals surface area (Å²) < 4.78 is 0. The van der Waals surface area contributed by atoms with Crippen LogP contribution in [0.15, 0.2) is 0 Å². The predicted molar refractivity (Wildman–Crippen MR) is 53.9 cm³/mol. The van der Waals surface area contributed by atoms with Crippen LogP contribution in [0.1, 0.15) is 42.5 Å². The number of nitrogens with one attached hydrogen (secondary N) is 1. The van der Waals surface area contributed by atoms with Gasteiger partial charge in [-0.1, -0.05) is 34.6 Å². The molecule has 0 aromatic heterocycles. The molecule has 0 bridgehead atoms. The Morgan fingerprint density at radius 1 is 1.36 bits per heavy atom. The second kappa shape index (κ2) is 5.59. The highest BCUT2D eigenvalue weighted by molar-refractivity contribution is 4.82. The van der Waals surface area contributed by atoms with Gasteiger partial charge in [0.05, 0.1) is 0 Å². The topological polar surface area (TPSA) is 12.0 Å². The lowest BCUT2D eigenvalue weighted by molar-refractivity contribution is 0.375. The van der Waals surface area contributed by atoms with Gasteiger partial charge in [-0.15, -0.1) is 0 Å². The highest BCUT2D eigenvalue weighted by atomic mass is 15.0. The van der Waals surface area contributed by atoms with Crippen LogP contribution < -0.4 is 5.32 Å². The number of hydrogen-bond donors (Lipinski definition) is 1. The third kappa shape index (κ3) is 3.24. The van der Waals surface area contributed by atoms with E-state index in [2.05, 4.69) is 26.1 Å². The Balaban J connectivity index is 0. The fraction of sp³-hybridized carbons (Fsp3) is 1.00. The molecule has 2 atom stereocenters. The molecule has 1 aliphatic rings. The lowest BCUT2D eigenvalue weighted by atomic mass is 9.94. The smallest absolute Gasteiger partial charge is 0.0116 e. The third-order valence-corrected chi connectivity index (χ3v) is 2.31. The molecule has 1 aliphatic heterocycles. The first-order valence-electron chi connectivity index (χ1n) is 4.95. The van der Waals surface area contributed by atoms with Gasteiger partial charge in [0.2, 0.25) is 0 Å². The summed E-state index contributed by atoms with van der Waals surface area (Å²) in [6, 6.07) is 0.782. The van der Waals surface area contributed by atoms with Gasteiger partial charge in [-0.25, -0.2) is 0 Å². The van der Waals surface area contributed by atoms with Crippen molar-refractivity contribution in [1.29, 1.82) is 0 Å². The van der Waals surface area contributed by atoms with Crippen LogP contribution in [0.2, 0.25) is 0 Å². The molecule has 70 valence electrons. The molecule has 0 radical (unpaired) electrons. The van der Waals surface area contributed by atoms with E-state index < -0.39 is 0 Å². The van der Waals surface area contributed by atoms with E-state index in [1.807, 2.05) is 13.8 Å². The lowest BCUT2D eigenvalue weighted by Crippen LogP contribution is -2.30. The van der Waals surface area contributed by atoms with Crippen molar-refractivity contribution in [2.24, 2.45) is 11.8 Å². The summed E-state index contributed by atoms with van der Waals surface area (Å²) >= 11 is 0. The zero-order valence-corrected chi connectivity index (χ0v) is 8.65. The molecule has 1 heteroatoms. The van der Waals surface area contributed by atoms with Gasteiger partial charge in [-0.2, -0.15) is 0 Å². The van der Waals surface area contributed by atoms with Crippen molar-refractivity contribution in [2.45, 2.75) is 47.1 Å². The Labute approximate surface area is 73.1 Å². The standard InChI is InChI=1S/C8H17N.C2H6.H2/c1-6(2)8-7(3)4-5-9-8;1-2;/h6-9H,4-5H2,1-3H3;1-2H3;1H. The molecular weight excluding hydrogens is 134 g/mol. The minimum absolute atomic E-state index is 0. The molecule has 1 N–H and O–H groups in total. The highest BCUT2D eigenvalue weighted by Crippen LogP contribution is 2.20. The first-order valence-corrected chi connectivity index (χ1v) is 4.95. The van der Waals surface area contributed by atoms with Gasteiger partial charge in [0, 0.05) is 7.47 Å². The van der Waals surface area contributed by atoms with Crippen LogP contribution in [0.25, 0.3) is 0 Å². The molecule has 1 fully saturated rings. The number of hydrogen-bond acceptors (Lipinski definition) is 1. The normalized spacial score (nSPS) is 30.0. The molecule has 11 heavy (non-hydrogen) atoms. The van der Waals surface area contributed by atoms with Gasteiger partial charge in [0.1, 0.15) is 0 Å². The Bertz CT molecular complexity index is 93.8. The first-order chi connectivity index (χ1) is 5.22. The second-order valence-electron chi connectivity index (χ2n) is 3.49. The quantitative estimate of drug-likeness (QED) is 0.620. The van der Waals surface area contributed by atoms with Gasteiger partial charge in [-0.05, 0) is 24.8 Å². The van der Waals surface area contributed by atoms with Crippen molar-refractivity contribution in [3.05, 3.63) is 0 Å². The molecule has 0 aliphatic carbocycles. The van der Waals surface area contributed by atoms with Gasteiger partial charge in [0.25, 0.3) is 0 Å². The van der Waals surface area contributed by atoms with Crippen molar-refractivity contribution >= 4 is 0 Å². The van der Waals surface area contributed by atoms with Gasteiger partial charge in [0.15, 0.2) is 0 Å². The SMILES string of the molecule is CC.CC(C)C1NCCC1C.[HH]. The predicted octanol–water partition coefficient (Wildman–Crippen LogP) is 2.91. The molecule has 1 nitrogen and oxygen atoms in total. The minimum atomic E-state index is 0. The molecule has 0 spiro atoms. The van der Waals surface area contributed by atoms with E-state index in [0.29, 0.717) is 0 Å². The maximum Gasteiger partial charge on any atom is 0.0116 e. The van der Waals surface area contributed by atoms with Crippen molar-refractivity contribution in [3.8, 4) is 0 Å². The molecule has 0 aromatic rings. The van der Waals surface area contributed by atoms with Crippen molar-refractivity contribution in [2.75, 3.05) is 6.54 Å².